The molecule has 144 valence electrons. The Bertz CT molecular complexity index is 721. The van der Waals surface area contributed by atoms with Gasteiger partial charge in [-0.25, -0.2) is 4.98 Å². The van der Waals surface area contributed by atoms with Crippen molar-refractivity contribution < 1.29 is 4.79 Å². The normalized spacial score (nSPS) is 16.9. The minimum absolute atomic E-state index is 0.0277. The van der Waals surface area contributed by atoms with Crippen LogP contribution in [0.15, 0.2) is 43.1 Å². The second-order valence-electron chi connectivity index (χ2n) is 8.43. The first-order valence-corrected chi connectivity index (χ1v) is 9.64. The predicted octanol–water partition coefficient (Wildman–Crippen LogP) is 3.24. The van der Waals surface area contributed by atoms with Gasteiger partial charge in [-0.15, -0.1) is 0 Å². The summed E-state index contributed by atoms with van der Waals surface area (Å²) in [4.78, 5) is 26.8. The lowest BCUT2D eigenvalue weighted by Crippen LogP contribution is -2.46. The van der Waals surface area contributed by atoms with E-state index in [0.29, 0.717) is 11.7 Å². The molecule has 1 aliphatic heterocycles. The van der Waals surface area contributed by atoms with Crippen molar-refractivity contribution in [2.24, 2.45) is 5.41 Å². The summed E-state index contributed by atoms with van der Waals surface area (Å²) < 4.78 is 0. The Kier molecular flexibility index (Phi) is 6.16. The van der Waals surface area contributed by atoms with E-state index in [9.17, 15) is 4.79 Å². The zero-order valence-electron chi connectivity index (χ0n) is 16.4. The van der Waals surface area contributed by atoms with E-state index in [2.05, 4.69) is 47.1 Å². The zero-order valence-corrected chi connectivity index (χ0v) is 16.4. The lowest BCUT2D eigenvalue weighted by molar-refractivity contribution is 0.0693. The van der Waals surface area contributed by atoms with Crippen molar-refractivity contribution in [2.45, 2.75) is 52.1 Å². The average molecular weight is 367 g/mol. The van der Waals surface area contributed by atoms with E-state index in [4.69, 9.17) is 0 Å². The Morgan fingerprint density at radius 3 is 2.52 bits per heavy atom. The predicted molar refractivity (Wildman–Crippen MR) is 105 cm³/mol. The molecule has 1 saturated heterocycles. The number of hydrogen-bond acceptors (Lipinski definition) is 5. The molecule has 2 aromatic heterocycles. The van der Waals surface area contributed by atoms with Crippen LogP contribution < -0.4 is 5.32 Å². The SMILES string of the molecule is CC(C)(C)CC(NC1CCN(C(=O)c2cnccn2)CC1)c1cccnc1. The standard InChI is InChI=1S/C21H29N5O/c1-21(2,3)13-18(16-5-4-8-22-14-16)25-17-6-11-26(12-7-17)20(27)19-15-23-9-10-24-19/h4-5,8-10,14-15,17-18,25H,6-7,11-13H2,1-3H3. The number of nitrogens with zero attached hydrogens (tertiary/aromatic N) is 4. The quantitative estimate of drug-likeness (QED) is 0.878. The van der Waals surface area contributed by atoms with E-state index < -0.39 is 0 Å². The van der Waals surface area contributed by atoms with Gasteiger partial charge in [0.25, 0.3) is 5.91 Å². The topological polar surface area (TPSA) is 71.0 Å². The molecule has 1 unspecified atom stereocenters. The van der Waals surface area contributed by atoms with Gasteiger partial charge in [0, 0.05) is 50.0 Å². The lowest BCUT2D eigenvalue weighted by Gasteiger charge is -2.36. The summed E-state index contributed by atoms with van der Waals surface area (Å²) in [6.07, 6.45) is 11.4. The second-order valence-corrected chi connectivity index (χ2v) is 8.43. The first-order valence-electron chi connectivity index (χ1n) is 9.64. The maximum atomic E-state index is 12.5. The lowest BCUT2D eigenvalue weighted by atomic mass is 9.85. The van der Waals surface area contributed by atoms with E-state index in [1.54, 1.807) is 12.4 Å². The van der Waals surface area contributed by atoms with E-state index in [1.165, 1.54) is 11.8 Å². The summed E-state index contributed by atoms with van der Waals surface area (Å²) in [6, 6.07) is 4.80. The van der Waals surface area contributed by atoms with Gasteiger partial charge in [-0.2, -0.15) is 0 Å². The Labute approximate surface area is 161 Å². The number of hydrogen-bond donors (Lipinski definition) is 1. The Hall–Kier alpha value is -2.34. The molecule has 0 radical (unpaired) electrons. The first-order chi connectivity index (χ1) is 12.9. The molecule has 0 bridgehead atoms. The van der Waals surface area contributed by atoms with E-state index in [-0.39, 0.29) is 17.4 Å². The van der Waals surface area contributed by atoms with Gasteiger partial charge in [0.2, 0.25) is 0 Å². The average Bonchev–Trinajstić information content (AvgIpc) is 2.68. The molecule has 1 amide bonds. The van der Waals surface area contributed by atoms with Crippen LogP contribution in [-0.2, 0) is 0 Å². The van der Waals surface area contributed by atoms with Crippen molar-refractivity contribution in [1.82, 2.24) is 25.2 Å². The number of aromatic nitrogens is 3. The summed E-state index contributed by atoms with van der Waals surface area (Å²) in [5, 5.41) is 3.82. The largest absolute Gasteiger partial charge is 0.337 e. The number of pyridine rings is 1. The highest BCUT2D eigenvalue weighted by Crippen LogP contribution is 2.30. The Morgan fingerprint density at radius 1 is 1.19 bits per heavy atom. The van der Waals surface area contributed by atoms with Crippen molar-refractivity contribution in [1.29, 1.82) is 0 Å². The fourth-order valence-electron chi connectivity index (χ4n) is 3.57. The molecule has 6 heteroatoms. The fourth-order valence-corrected chi connectivity index (χ4v) is 3.57. The molecule has 27 heavy (non-hydrogen) atoms. The molecule has 6 nitrogen and oxygen atoms in total. The molecule has 0 aliphatic carbocycles. The number of piperidine rings is 1. The van der Waals surface area contributed by atoms with Crippen LogP contribution in [0.4, 0.5) is 0 Å². The fraction of sp³-hybridized carbons (Fsp3) is 0.524. The molecule has 3 heterocycles. The highest BCUT2D eigenvalue weighted by molar-refractivity contribution is 5.92. The number of nitrogens with one attached hydrogen (secondary N) is 1. The number of amides is 1. The number of carbonyl (C=O) groups is 1. The van der Waals surface area contributed by atoms with Crippen LogP contribution in [0.2, 0.25) is 0 Å². The van der Waals surface area contributed by atoms with Crippen LogP contribution in [-0.4, -0.2) is 44.9 Å². The molecule has 1 aliphatic rings. The summed E-state index contributed by atoms with van der Waals surface area (Å²) in [5.74, 6) is -0.0277. The minimum atomic E-state index is -0.0277. The molecular weight excluding hydrogens is 338 g/mol. The molecule has 0 spiro atoms. The van der Waals surface area contributed by atoms with Crippen molar-refractivity contribution in [3.63, 3.8) is 0 Å². The third-order valence-electron chi connectivity index (χ3n) is 4.90. The van der Waals surface area contributed by atoms with Crippen molar-refractivity contribution in [3.05, 3.63) is 54.4 Å². The van der Waals surface area contributed by atoms with E-state index >= 15 is 0 Å². The Balaban J connectivity index is 1.60. The molecule has 0 saturated carbocycles. The molecule has 3 rings (SSSR count). The molecule has 1 atom stereocenters. The molecule has 2 aromatic rings. The Morgan fingerprint density at radius 2 is 1.93 bits per heavy atom. The molecule has 0 aromatic carbocycles. The van der Waals surface area contributed by atoms with Crippen LogP contribution in [0.5, 0.6) is 0 Å². The van der Waals surface area contributed by atoms with Crippen LogP contribution >= 0.6 is 0 Å². The summed E-state index contributed by atoms with van der Waals surface area (Å²) >= 11 is 0. The van der Waals surface area contributed by atoms with Crippen LogP contribution in [0.25, 0.3) is 0 Å². The zero-order chi connectivity index (χ0) is 19.3. The number of rotatable bonds is 5. The second kappa shape index (κ2) is 8.57. The third-order valence-corrected chi connectivity index (χ3v) is 4.90. The van der Waals surface area contributed by atoms with Crippen LogP contribution in [0.3, 0.4) is 0 Å². The van der Waals surface area contributed by atoms with E-state index in [1.807, 2.05) is 23.4 Å². The van der Waals surface area contributed by atoms with Crippen molar-refractivity contribution in [2.75, 3.05) is 13.1 Å². The van der Waals surface area contributed by atoms with Gasteiger partial charge in [0.1, 0.15) is 5.69 Å². The number of likely N-dealkylation sites (tertiary alicyclic amines) is 1. The minimum Gasteiger partial charge on any atom is -0.337 e. The van der Waals surface area contributed by atoms with Gasteiger partial charge in [0.15, 0.2) is 0 Å². The van der Waals surface area contributed by atoms with Gasteiger partial charge < -0.3 is 10.2 Å². The summed E-state index contributed by atoms with van der Waals surface area (Å²) in [6.45, 7) is 8.27. The molecular formula is C21H29N5O. The van der Waals surface area contributed by atoms with Crippen molar-refractivity contribution in [3.8, 4) is 0 Å². The van der Waals surface area contributed by atoms with Crippen LogP contribution in [0.1, 0.15) is 62.1 Å². The smallest absolute Gasteiger partial charge is 0.274 e. The maximum absolute atomic E-state index is 12.5. The first kappa shape index (κ1) is 19.4. The van der Waals surface area contributed by atoms with Gasteiger partial charge in [-0.1, -0.05) is 26.8 Å². The van der Waals surface area contributed by atoms with Crippen LogP contribution in [0, 0.1) is 5.41 Å². The maximum Gasteiger partial charge on any atom is 0.274 e. The highest BCUT2D eigenvalue weighted by atomic mass is 16.2. The van der Waals surface area contributed by atoms with Crippen molar-refractivity contribution >= 4 is 5.91 Å². The van der Waals surface area contributed by atoms with Gasteiger partial charge in [-0.05, 0) is 36.3 Å². The monoisotopic (exact) mass is 367 g/mol. The molecule has 1 fully saturated rings. The van der Waals surface area contributed by atoms with E-state index in [0.717, 1.165) is 32.4 Å². The third kappa shape index (κ3) is 5.57. The van der Waals surface area contributed by atoms with Gasteiger partial charge in [-0.3, -0.25) is 14.8 Å². The summed E-state index contributed by atoms with van der Waals surface area (Å²) in [7, 11) is 0. The highest BCUT2D eigenvalue weighted by Gasteiger charge is 2.28. The van der Waals surface area contributed by atoms with Gasteiger partial charge in [0.05, 0.1) is 6.20 Å². The molecule has 1 N–H and O–H groups in total. The summed E-state index contributed by atoms with van der Waals surface area (Å²) in [5.41, 5.74) is 1.87. The number of carbonyl (C=O) groups excluding carboxylic acids is 1. The van der Waals surface area contributed by atoms with Gasteiger partial charge >= 0.3 is 0 Å².